The third kappa shape index (κ3) is 6.46. The summed E-state index contributed by atoms with van der Waals surface area (Å²) in [5.41, 5.74) is 2.16. The Kier molecular flexibility index (Phi) is 9.03. The molecule has 1 aromatic heterocycles. The van der Waals surface area contributed by atoms with Crippen LogP contribution < -0.4 is 0 Å². The fourth-order valence-electron chi connectivity index (χ4n) is 4.59. The molecular formula is C23H38N4O3. The Hall–Kier alpha value is -1.57. The molecule has 1 amide bonds. The van der Waals surface area contributed by atoms with Crippen LogP contribution in [0.1, 0.15) is 62.0 Å². The molecule has 3 heterocycles. The molecule has 0 saturated carbocycles. The van der Waals surface area contributed by atoms with Crippen molar-refractivity contribution in [1.29, 1.82) is 0 Å². The molecule has 7 nitrogen and oxygen atoms in total. The highest BCUT2D eigenvalue weighted by Crippen LogP contribution is 2.30. The molecule has 7 heteroatoms. The molecule has 0 aliphatic carbocycles. The summed E-state index contributed by atoms with van der Waals surface area (Å²) >= 11 is 0. The number of likely N-dealkylation sites (tertiary alicyclic amines) is 2. The van der Waals surface area contributed by atoms with Crippen LogP contribution in [0.25, 0.3) is 0 Å². The van der Waals surface area contributed by atoms with E-state index in [9.17, 15) is 4.79 Å². The number of nitrogens with zero attached hydrogens (tertiary/aromatic N) is 4. The van der Waals surface area contributed by atoms with Crippen molar-refractivity contribution in [3.8, 4) is 0 Å². The Morgan fingerprint density at radius 3 is 2.53 bits per heavy atom. The van der Waals surface area contributed by atoms with Crippen molar-refractivity contribution >= 4 is 5.91 Å². The summed E-state index contributed by atoms with van der Waals surface area (Å²) < 4.78 is 10.8. The first-order valence-electron chi connectivity index (χ1n) is 11.5. The van der Waals surface area contributed by atoms with E-state index in [1.54, 1.807) is 7.11 Å². The zero-order chi connectivity index (χ0) is 21.3. The van der Waals surface area contributed by atoms with Crippen molar-refractivity contribution in [2.75, 3.05) is 53.0 Å². The lowest BCUT2D eigenvalue weighted by atomic mass is 9.89. The maximum Gasteiger partial charge on any atom is 0.222 e. The molecule has 0 N–H and O–H groups in total. The second-order valence-electron chi connectivity index (χ2n) is 8.61. The monoisotopic (exact) mass is 418 g/mol. The van der Waals surface area contributed by atoms with E-state index in [-0.39, 0.29) is 0 Å². The third-order valence-corrected chi connectivity index (χ3v) is 6.56. The van der Waals surface area contributed by atoms with Crippen LogP contribution in [0.4, 0.5) is 0 Å². The molecule has 0 aromatic carbocycles. The average molecular weight is 419 g/mol. The first kappa shape index (κ1) is 23.1. The van der Waals surface area contributed by atoms with Crippen molar-refractivity contribution in [2.24, 2.45) is 5.92 Å². The van der Waals surface area contributed by atoms with E-state index in [1.807, 2.05) is 13.1 Å². The van der Waals surface area contributed by atoms with Crippen LogP contribution in [0.3, 0.4) is 0 Å². The second-order valence-corrected chi connectivity index (χ2v) is 8.61. The van der Waals surface area contributed by atoms with Gasteiger partial charge in [-0.1, -0.05) is 6.92 Å². The van der Waals surface area contributed by atoms with Crippen molar-refractivity contribution in [1.82, 2.24) is 19.8 Å². The third-order valence-electron chi connectivity index (χ3n) is 6.56. The number of amides is 1. The topological polar surface area (TPSA) is 67.8 Å². The lowest BCUT2D eigenvalue weighted by molar-refractivity contribution is -0.133. The van der Waals surface area contributed by atoms with E-state index in [1.165, 1.54) is 0 Å². The molecular weight excluding hydrogens is 380 g/mol. The highest BCUT2D eigenvalue weighted by atomic mass is 16.5. The zero-order valence-electron chi connectivity index (χ0n) is 18.9. The number of rotatable bonds is 9. The Morgan fingerprint density at radius 1 is 1.13 bits per heavy atom. The number of aryl methyl sites for hydroxylation is 1. The van der Waals surface area contributed by atoms with Crippen LogP contribution in [0.2, 0.25) is 0 Å². The molecule has 2 saturated heterocycles. The number of methoxy groups -OCH3 is 1. The first-order chi connectivity index (χ1) is 14.6. The van der Waals surface area contributed by atoms with Gasteiger partial charge in [0.1, 0.15) is 5.82 Å². The normalized spacial score (nSPS) is 19.4. The van der Waals surface area contributed by atoms with Gasteiger partial charge in [0.05, 0.1) is 25.5 Å². The summed E-state index contributed by atoms with van der Waals surface area (Å²) in [6, 6.07) is 0. The molecule has 30 heavy (non-hydrogen) atoms. The Morgan fingerprint density at radius 2 is 1.87 bits per heavy atom. The summed E-state index contributed by atoms with van der Waals surface area (Å²) in [5, 5.41) is 0. The predicted molar refractivity (Wildman–Crippen MR) is 116 cm³/mol. The summed E-state index contributed by atoms with van der Waals surface area (Å²) in [6.45, 7) is 10.8. The number of aromatic nitrogens is 2. The molecule has 2 aliphatic rings. The zero-order valence-corrected chi connectivity index (χ0v) is 18.9. The molecule has 0 atom stereocenters. The number of hydrogen-bond donors (Lipinski definition) is 0. The van der Waals surface area contributed by atoms with Crippen LogP contribution in [0.15, 0.2) is 6.20 Å². The van der Waals surface area contributed by atoms with Crippen LogP contribution in [-0.4, -0.2) is 78.7 Å². The molecule has 2 fully saturated rings. The fourth-order valence-corrected chi connectivity index (χ4v) is 4.59. The predicted octanol–water partition coefficient (Wildman–Crippen LogP) is 2.78. The van der Waals surface area contributed by atoms with Crippen molar-refractivity contribution in [2.45, 2.75) is 58.5 Å². The molecule has 0 unspecified atom stereocenters. The second kappa shape index (κ2) is 11.7. The smallest absolute Gasteiger partial charge is 0.222 e. The Bertz CT molecular complexity index is 668. The van der Waals surface area contributed by atoms with Crippen LogP contribution in [-0.2, 0) is 20.9 Å². The standard InChI is InChI=1S/C23H38N4O3/c1-4-26-9-5-19(6-10-26)15-22(28)27-11-7-20(8-12-27)23-21(16-24-18(2)25-23)17-30-14-13-29-3/h16,19-20H,4-15,17H2,1-3H3. The number of hydrogen-bond acceptors (Lipinski definition) is 6. The molecule has 1 aromatic rings. The van der Waals surface area contributed by atoms with Gasteiger partial charge in [0.25, 0.3) is 0 Å². The van der Waals surface area contributed by atoms with E-state index < -0.39 is 0 Å². The number of carbonyl (C=O) groups excluding carboxylic acids is 1. The van der Waals surface area contributed by atoms with Crippen molar-refractivity contribution in [3.05, 3.63) is 23.3 Å². The molecule has 0 bridgehead atoms. The minimum atomic E-state index is 0.338. The molecule has 0 radical (unpaired) electrons. The maximum absolute atomic E-state index is 12.8. The quantitative estimate of drug-likeness (QED) is 0.575. The van der Waals surface area contributed by atoms with Gasteiger partial charge in [-0.15, -0.1) is 0 Å². The highest BCUT2D eigenvalue weighted by Gasteiger charge is 2.28. The number of carbonyl (C=O) groups is 1. The van der Waals surface area contributed by atoms with Gasteiger partial charge < -0.3 is 19.3 Å². The van der Waals surface area contributed by atoms with E-state index >= 15 is 0 Å². The highest BCUT2D eigenvalue weighted by molar-refractivity contribution is 5.76. The lowest BCUT2D eigenvalue weighted by Gasteiger charge is -2.35. The lowest BCUT2D eigenvalue weighted by Crippen LogP contribution is -2.40. The number of piperidine rings is 2. The Labute approximate surface area is 181 Å². The summed E-state index contributed by atoms with van der Waals surface area (Å²) in [6.07, 6.45) is 6.84. The van der Waals surface area contributed by atoms with E-state index in [2.05, 4.69) is 21.7 Å². The number of ether oxygens (including phenoxy) is 2. The maximum atomic E-state index is 12.8. The minimum Gasteiger partial charge on any atom is -0.382 e. The van der Waals surface area contributed by atoms with Crippen molar-refractivity contribution in [3.63, 3.8) is 0 Å². The van der Waals surface area contributed by atoms with Gasteiger partial charge in [-0.25, -0.2) is 9.97 Å². The fraction of sp³-hybridized carbons (Fsp3) is 0.783. The van der Waals surface area contributed by atoms with Gasteiger partial charge in [-0.05, 0) is 58.2 Å². The molecule has 168 valence electrons. The van der Waals surface area contributed by atoms with Gasteiger partial charge in [-0.3, -0.25) is 4.79 Å². The largest absolute Gasteiger partial charge is 0.382 e. The van der Waals surface area contributed by atoms with Crippen molar-refractivity contribution < 1.29 is 14.3 Å². The van der Waals surface area contributed by atoms with Crippen LogP contribution >= 0.6 is 0 Å². The summed E-state index contributed by atoms with van der Waals surface area (Å²) in [4.78, 5) is 26.5. The van der Waals surface area contributed by atoms with Crippen LogP contribution in [0.5, 0.6) is 0 Å². The van der Waals surface area contributed by atoms with Gasteiger partial charge in [0.15, 0.2) is 0 Å². The first-order valence-corrected chi connectivity index (χ1v) is 11.5. The molecule has 2 aliphatic heterocycles. The van der Waals surface area contributed by atoms with E-state index in [0.29, 0.717) is 44.0 Å². The Balaban J connectivity index is 1.50. The molecule has 0 spiro atoms. The van der Waals surface area contributed by atoms with Crippen LogP contribution in [0, 0.1) is 12.8 Å². The van der Waals surface area contributed by atoms with Gasteiger partial charge in [0.2, 0.25) is 5.91 Å². The summed E-state index contributed by atoms with van der Waals surface area (Å²) in [5.74, 6) is 2.05. The van der Waals surface area contributed by atoms with E-state index in [4.69, 9.17) is 14.5 Å². The van der Waals surface area contributed by atoms with Gasteiger partial charge in [-0.2, -0.15) is 0 Å². The van der Waals surface area contributed by atoms with Gasteiger partial charge in [0, 0.05) is 44.3 Å². The molecule has 3 rings (SSSR count). The minimum absolute atomic E-state index is 0.338. The summed E-state index contributed by atoms with van der Waals surface area (Å²) in [7, 11) is 1.67. The SMILES string of the molecule is CCN1CCC(CC(=O)N2CCC(c3nc(C)ncc3COCCOC)CC2)CC1. The van der Waals surface area contributed by atoms with E-state index in [0.717, 1.165) is 75.5 Å². The van der Waals surface area contributed by atoms with Gasteiger partial charge >= 0.3 is 0 Å². The average Bonchev–Trinajstić information content (AvgIpc) is 2.78.